The minimum Gasteiger partial charge on any atom is -0.495 e. The van der Waals surface area contributed by atoms with Gasteiger partial charge in [-0.1, -0.05) is 32.6 Å². The molecule has 2 fully saturated rings. The summed E-state index contributed by atoms with van der Waals surface area (Å²) in [6.07, 6.45) is 13.7. The Morgan fingerprint density at radius 1 is 1.09 bits per heavy atom. The van der Waals surface area contributed by atoms with Gasteiger partial charge in [0.15, 0.2) is 5.82 Å². The van der Waals surface area contributed by atoms with Gasteiger partial charge in [0.1, 0.15) is 17.5 Å². The van der Waals surface area contributed by atoms with Crippen molar-refractivity contribution in [2.24, 2.45) is 0 Å². The first kappa shape index (κ1) is 32.0. The van der Waals surface area contributed by atoms with Crippen molar-refractivity contribution in [3.05, 3.63) is 30.0 Å². The SMILES string of the molecule is CC[C@@H]1C(=O)N(C)c2cnc(Nc3ccc(C(=O)NCCCCCCOC4CCNCC4)cc3OC)nc2N1C1CCCC1. The van der Waals surface area contributed by atoms with E-state index in [9.17, 15) is 9.59 Å². The van der Waals surface area contributed by atoms with Crippen LogP contribution >= 0.6 is 0 Å². The number of hydrogen-bond acceptors (Lipinski definition) is 9. The van der Waals surface area contributed by atoms with E-state index in [1.807, 2.05) is 6.07 Å². The van der Waals surface area contributed by atoms with Gasteiger partial charge < -0.3 is 35.2 Å². The molecule has 2 amide bonds. The zero-order valence-electron chi connectivity index (χ0n) is 26.6. The Balaban J connectivity index is 1.15. The van der Waals surface area contributed by atoms with Crippen LogP contribution in [0.5, 0.6) is 5.75 Å². The molecule has 1 aliphatic carbocycles. The van der Waals surface area contributed by atoms with Gasteiger partial charge in [-0.25, -0.2) is 4.98 Å². The van der Waals surface area contributed by atoms with E-state index in [2.05, 4.69) is 32.8 Å². The van der Waals surface area contributed by atoms with E-state index in [-0.39, 0.29) is 17.9 Å². The van der Waals surface area contributed by atoms with Gasteiger partial charge in [0.05, 0.1) is 25.1 Å². The molecule has 0 spiro atoms. The van der Waals surface area contributed by atoms with E-state index >= 15 is 0 Å². The summed E-state index contributed by atoms with van der Waals surface area (Å²) in [4.78, 5) is 39.4. The van der Waals surface area contributed by atoms with Crippen molar-refractivity contribution in [2.75, 3.05) is 55.5 Å². The van der Waals surface area contributed by atoms with E-state index in [4.69, 9.17) is 14.5 Å². The highest BCUT2D eigenvalue weighted by molar-refractivity contribution is 6.04. The van der Waals surface area contributed by atoms with E-state index in [0.717, 1.165) is 89.0 Å². The third-order valence-electron chi connectivity index (χ3n) is 9.12. The lowest BCUT2D eigenvalue weighted by molar-refractivity contribution is -0.120. The number of carbonyl (C=O) groups is 2. The van der Waals surface area contributed by atoms with Gasteiger partial charge in [0.25, 0.3) is 5.91 Å². The van der Waals surface area contributed by atoms with Crippen LogP contribution in [0.15, 0.2) is 24.4 Å². The lowest BCUT2D eigenvalue weighted by Crippen LogP contribution is -2.55. The zero-order chi connectivity index (χ0) is 30.9. The molecular weight excluding hydrogens is 558 g/mol. The number of likely N-dealkylation sites (N-methyl/N-ethyl adjacent to an activating group) is 1. The predicted octanol–water partition coefficient (Wildman–Crippen LogP) is 4.79. The third-order valence-corrected chi connectivity index (χ3v) is 9.12. The topological polar surface area (TPSA) is 121 Å². The van der Waals surface area contributed by atoms with Crippen molar-refractivity contribution >= 4 is 35.0 Å². The molecule has 5 rings (SSSR count). The molecule has 2 aromatic rings. The number of methoxy groups -OCH3 is 1. The standard InChI is InChI=1S/C33H49N7O4/c1-4-27-32(42)39(2)28-22-36-33(38-30(28)40(27)24-11-7-8-12-24)37-26-14-13-23(21-29(26)43-3)31(41)35-17-9-5-6-10-20-44-25-15-18-34-19-16-25/h13-14,21-22,24-25,27,34H,4-12,15-20H2,1-3H3,(H,35,41)(H,36,37,38)/t27-/m1/s1. The van der Waals surface area contributed by atoms with Crippen molar-refractivity contribution in [1.29, 1.82) is 0 Å². The highest BCUT2D eigenvalue weighted by Gasteiger charge is 2.41. The Morgan fingerprint density at radius 3 is 2.61 bits per heavy atom. The molecule has 1 aromatic heterocycles. The quantitative estimate of drug-likeness (QED) is 0.260. The maximum absolute atomic E-state index is 13.2. The predicted molar refractivity (Wildman–Crippen MR) is 173 cm³/mol. The zero-order valence-corrected chi connectivity index (χ0v) is 26.6. The van der Waals surface area contributed by atoms with Crippen LogP contribution in [0.4, 0.5) is 23.1 Å². The summed E-state index contributed by atoms with van der Waals surface area (Å²) >= 11 is 0. The van der Waals surface area contributed by atoms with Crippen molar-refractivity contribution in [2.45, 2.75) is 95.7 Å². The molecule has 2 aliphatic heterocycles. The highest BCUT2D eigenvalue weighted by Crippen LogP contribution is 2.40. The molecule has 1 saturated heterocycles. The second-order valence-corrected chi connectivity index (χ2v) is 12.1. The lowest BCUT2D eigenvalue weighted by Gasteiger charge is -2.43. The van der Waals surface area contributed by atoms with Gasteiger partial charge in [-0.2, -0.15) is 4.98 Å². The number of unbranched alkanes of at least 4 members (excludes halogenated alkanes) is 3. The van der Waals surface area contributed by atoms with Crippen molar-refractivity contribution < 1.29 is 19.1 Å². The maximum Gasteiger partial charge on any atom is 0.251 e. The molecule has 44 heavy (non-hydrogen) atoms. The summed E-state index contributed by atoms with van der Waals surface area (Å²) in [7, 11) is 3.38. The van der Waals surface area contributed by atoms with Gasteiger partial charge in [-0.05, 0) is 76.2 Å². The van der Waals surface area contributed by atoms with Crippen molar-refractivity contribution in [3.63, 3.8) is 0 Å². The van der Waals surface area contributed by atoms with Gasteiger partial charge >= 0.3 is 0 Å². The third kappa shape index (κ3) is 7.61. The molecule has 3 heterocycles. The summed E-state index contributed by atoms with van der Waals surface area (Å²) < 4.78 is 11.6. The minimum absolute atomic E-state index is 0.0873. The Morgan fingerprint density at radius 2 is 1.86 bits per heavy atom. The second kappa shape index (κ2) is 15.5. The largest absolute Gasteiger partial charge is 0.495 e. The number of fused-ring (bicyclic) bond motifs is 1. The van der Waals surface area contributed by atoms with Gasteiger partial charge in [0, 0.05) is 31.8 Å². The van der Waals surface area contributed by atoms with Crippen LogP contribution in [0.1, 0.15) is 87.9 Å². The number of rotatable bonds is 14. The second-order valence-electron chi connectivity index (χ2n) is 12.1. The normalized spacial score (nSPS) is 19.2. The number of anilines is 4. The van der Waals surface area contributed by atoms with Crippen LogP contribution in [-0.4, -0.2) is 80.4 Å². The van der Waals surface area contributed by atoms with Crippen LogP contribution in [-0.2, 0) is 9.53 Å². The number of ether oxygens (including phenoxy) is 2. The fourth-order valence-corrected chi connectivity index (χ4v) is 6.60. The maximum atomic E-state index is 13.2. The van der Waals surface area contributed by atoms with Crippen molar-refractivity contribution in [1.82, 2.24) is 20.6 Å². The number of aromatic nitrogens is 2. The van der Waals surface area contributed by atoms with Crippen LogP contribution in [0, 0.1) is 0 Å². The Hall–Kier alpha value is -3.44. The first-order valence-corrected chi connectivity index (χ1v) is 16.5. The van der Waals surface area contributed by atoms with Gasteiger partial charge in [-0.3, -0.25) is 9.59 Å². The number of carbonyl (C=O) groups excluding carboxylic acids is 2. The van der Waals surface area contributed by atoms with E-state index in [0.29, 0.717) is 41.6 Å². The highest BCUT2D eigenvalue weighted by atomic mass is 16.5. The molecule has 1 saturated carbocycles. The van der Waals surface area contributed by atoms with Crippen LogP contribution in [0.25, 0.3) is 0 Å². The smallest absolute Gasteiger partial charge is 0.251 e. The summed E-state index contributed by atoms with van der Waals surface area (Å²) in [5, 5.41) is 9.68. The fourth-order valence-electron chi connectivity index (χ4n) is 6.60. The molecule has 0 bridgehead atoms. The Kier molecular flexibility index (Phi) is 11.3. The minimum atomic E-state index is -0.233. The van der Waals surface area contributed by atoms with E-state index < -0.39 is 0 Å². The average molecular weight is 608 g/mol. The number of benzene rings is 1. The lowest BCUT2D eigenvalue weighted by atomic mass is 10.0. The molecule has 1 atom stereocenters. The molecule has 0 unspecified atom stereocenters. The summed E-state index contributed by atoms with van der Waals surface area (Å²) in [5.41, 5.74) is 1.92. The summed E-state index contributed by atoms with van der Waals surface area (Å²) in [6.45, 7) is 5.62. The molecule has 3 N–H and O–H groups in total. The molecule has 1 aromatic carbocycles. The monoisotopic (exact) mass is 607 g/mol. The van der Waals surface area contributed by atoms with Crippen molar-refractivity contribution in [3.8, 4) is 5.75 Å². The fraction of sp³-hybridized carbons (Fsp3) is 0.636. The Labute approximate surface area is 261 Å². The first-order chi connectivity index (χ1) is 21.5. The van der Waals surface area contributed by atoms with Crippen LogP contribution in [0.2, 0.25) is 0 Å². The molecule has 240 valence electrons. The molecular formula is C33H49N7O4. The van der Waals surface area contributed by atoms with Gasteiger partial charge in [0.2, 0.25) is 11.9 Å². The first-order valence-electron chi connectivity index (χ1n) is 16.5. The molecule has 11 heteroatoms. The number of nitrogens with zero attached hydrogens (tertiary/aromatic N) is 4. The summed E-state index contributed by atoms with van der Waals surface area (Å²) in [5.74, 6) is 1.69. The van der Waals surface area contributed by atoms with E-state index in [1.165, 1.54) is 12.8 Å². The molecule has 0 radical (unpaired) electrons. The number of amides is 2. The number of nitrogens with one attached hydrogen (secondary N) is 3. The number of hydrogen-bond donors (Lipinski definition) is 3. The summed E-state index contributed by atoms with van der Waals surface area (Å²) in [6, 6.07) is 5.39. The van der Waals surface area contributed by atoms with E-state index in [1.54, 1.807) is 37.4 Å². The van der Waals surface area contributed by atoms with Gasteiger partial charge in [-0.15, -0.1) is 0 Å². The molecule has 3 aliphatic rings. The van der Waals surface area contributed by atoms with Crippen LogP contribution in [0.3, 0.4) is 0 Å². The Bertz CT molecular complexity index is 1260. The average Bonchev–Trinajstić information content (AvgIpc) is 3.59. The number of piperidine rings is 1. The van der Waals surface area contributed by atoms with Crippen LogP contribution < -0.4 is 30.5 Å². The molecule has 11 nitrogen and oxygen atoms in total.